The lowest BCUT2D eigenvalue weighted by molar-refractivity contribution is -0.124. The van der Waals surface area contributed by atoms with Crippen molar-refractivity contribution in [2.45, 2.75) is 25.4 Å². The molecule has 7 atom stereocenters. The molecule has 4 aliphatic carbocycles. The van der Waals surface area contributed by atoms with Gasteiger partial charge in [0.15, 0.2) is 0 Å². The van der Waals surface area contributed by atoms with Gasteiger partial charge in [-0.25, -0.2) is 4.90 Å². The first-order valence-corrected chi connectivity index (χ1v) is 10.7. The average molecular weight is 392 g/mol. The lowest BCUT2D eigenvalue weighted by atomic mass is 9.63. The van der Waals surface area contributed by atoms with Gasteiger partial charge in [0.05, 0.1) is 23.6 Å². The molecule has 2 heterocycles. The number of carbonyl (C=O) groups excluding carboxylic acids is 3. The van der Waals surface area contributed by atoms with Gasteiger partial charge in [0.2, 0.25) is 11.8 Å². The van der Waals surface area contributed by atoms with E-state index in [1.165, 1.54) is 4.90 Å². The lowest BCUT2D eigenvalue weighted by Crippen LogP contribution is -2.40. The minimum absolute atomic E-state index is 0.0707. The maximum atomic E-state index is 13.2. The van der Waals surface area contributed by atoms with Crippen molar-refractivity contribution in [2.75, 3.05) is 18.1 Å². The Morgan fingerprint density at radius 1 is 1.10 bits per heavy atom. The van der Waals surface area contributed by atoms with Crippen molar-refractivity contribution in [1.82, 2.24) is 5.32 Å². The molecule has 2 saturated carbocycles. The maximum Gasteiger partial charge on any atom is 0.251 e. The summed E-state index contributed by atoms with van der Waals surface area (Å²) in [5.74, 6) is 0.723. The summed E-state index contributed by atoms with van der Waals surface area (Å²) in [6.07, 6.45) is 7.54. The molecular formula is C23H24N2O4. The van der Waals surface area contributed by atoms with E-state index in [4.69, 9.17) is 4.74 Å². The van der Waals surface area contributed by atoms with Gasteiger partial charge in [0.25, 0.3) is 5.91 Å². The molecule has 4 fully saturated rings. The molecule has 2 aliphatic heterocycles. The van der Waals surface area contributed by atoms with Gasteiger partial charge in [0, 0.05) is 18.7 Å². The molecule has 0 radical (unpaired) electrons. The molecule has 6 aliphatic rings. The van der Waals surface area contributed by atoms with Gasteiger partial charge in [-0.15, -0.1) is 0 Å². The summed E-state index contributed by atoms with van der Waals surface area (Å²) in [6.45, 7) is 1.22. The summed E-state index contributed by atoms with van der Waals surface area (Å²) < 4.78 is 5.55. The number of carbonyl (C=O) groups is 3. The Kier molecular flexibility index (Phi) is 3.76. The first-order chi connectivity index (χ1) is 14.1. The molecule has 29 heavy (non-hydrogen) atoms. The lowest BCUT2D eigenvalue weighted by Gasteiger charge is -2.37. The van der Waals surface area contributed by atoms with Crippen molar-refractivity contribution >= 4 is 23.4 Å². The van der Waals surface area contributed by atoms with Crippen molar-refractivity contribution < 1.29 is 19.1 Å². The predicted molar refractivity (Wildman–Crippen MR) is 105 cm³/mol. The molecule has 6 heteroatoms. The summed E-state index contributed by atoms with van der Waals surface area (Å²) in [6, 6.07) is 6.87. The van der Waals surface area contributed by atoms with E-state index in [9.17, 15) is 14.4 Å². The van der Waals surface area contributed by atoms with Gasteiger partial charge in [-0.3, -0.25) is 14.4 Å². The number of nitrogens with zero attached hydrogens (tertiary/aromatic N) is 1. The standard InChI is InChI=1S/C23H24N2O4/c26-21(24-11-14-5-2-8-29-14)12-3-1-4-13(9-12)25-22(27)19-15-6-7-16(18-10-17(15)18)20(19)23(25)28/h1,3-4,6-7,9,14-20H,2,5,8,10-11H2,(H,24,26)/t14-,15-,16-,17-,18-,19-,20+/m0/s1. The van der Waals surface area contributed by atoms with Gasteiger partial charge >= 0.3 is 0 Å². The molecule has 0 spiro atoms. The van der Waals surface area contributed by atoms with Gasteiger partial charge in [0.1, 0.15) is 0 Å². The highest BCUT2D eigenvalue weighted by atomic mass is 16.5. The summed E-state index contributed by atoms with van der Waals surface area (Å²) in [5, 5.41) is 2.90. The molecule has 0 unspecified atom stereocenters. The Morgan fingerprint density at radius 2 is 1.83 bits per heavy atom. The van der Waals surface area contributed by atoms with E-state index >= 15 is 0 Å². The minimum Gasteiger partial charge on any atom is -0.376 e. The molecular weight excluding hydrogens is 368 g/mol. The van der Waals surface area contributed by atoms with E-state index in [1.54, 1.807) is 24.3 Å². The maximum absolute atomic E-state index is 13.2. The number of anilines is 1. The summed E-state index contributed by atoms with van der Waals surface area (Å²) in [5.41, 5.74) is 0.965. The van der Waals surface area contributed by atoms with E-state index in [0.717, 1.165) is 25.9 Å². The van der Waals surface area contributed by atoms with Crippen LogP contribution in [-0.4, -0.2) is 37.0 Å². The number of rotatable bonds is 4. The fraction of sp³-hybridized carbons (Fsp3) is 0.522. The number of benzene rings is 1. The summed E-state index contributed by atoms with van der Waals surface area (Å²) in [4.78, 5) is 40.4. The predicted octanol–water partition coefficient (Wildman–Crippen LogP) is 2.15. The van der Waals surface area contributed by atoms with E-state index < -0.39 is 0 Å². The van der Waals surface area contributed by atoms with Crippen LogP contribution in [0.1, 0.15) is 29.6 Å². The van der Waals surface area contributed by atoms with E-state index in [0.29, 0.717) is 29.6 Å². The highest BCUT2D eigenvalue weighted by molar-refractivity contribution is 6.23. The summed E-state index contributed by atoms with van der Waals surface area (Å²) >= 11 is 0. The Balaban J connectivity index is 1.23. The first kappa shape index (κ1) is 17.4. The van der Waals surface area contributed by atoms with E-state index in [1.807, 2.05) is 0 Å². The van der Waals surface area contributed by atoms with Crippen LogP contribution in [0.15, 0.2) is 36.4 Å². The third-order valence-corrected chi connectivity index (χ3v) is 7.54. The normalized spacial score (nSPS) is 38.9. The van der Waals surface area contributed by atoms with Crippen LogP contribution in [0.4, 0.5) is 5.69 Å². The van der Waals surface area contributed by atoms with Crippen LogP contribution in [0, 0.1) is 35.5 Å². The van der Waals surface area contributed by atoms with Crippen molar-refractivity contribution in [3.63, 3.8) is 0 Å². The van der Waals surface area contributed by atoms with Gasteiger partial charge in [-0.2, -0.15) is 0 Å². The molecule has 2 saturated heterocycles. The molecule has 2 bridgehead atoms. The minimum atomic E-state index is -0.224. The average Bonchev–Trinajstić information content (AvgIpc) is 3.33. The monoisotopic (exact) mass is 392 g/mol. The van der Waals surface area contributed by atoms with Crippen LogP contribution in [0.25, 0.3) is 0 Å². The number of ether oxygens (including phenoxy) is 1. The number of allylic oxidation sites excluding steroid dienone is 2. The third kappa shape index (κ3) is 2.54. The zero-order valence-corrected chi connectivity index (χ0v) is 16.1. The molecule has 0 aromatic heterocycles. The van der Waals surface area contributed by atoms with Crippen molar-refractivity contribution in [3.05, 3.63) is 42.0 Å². The Morgan fingerprint density at radius 3 is 2.48 bits per heavy atom. The smallest absolute Gasteiger partial charge is 0.251 e. The van der Waals surface area contributed by atoms with Gasteiger partial charge < -0.3 is 10.1 Å². The third-order valence-electron chi connectivity index (χ3n) is 7.54. The number of hydrogen-bond acceptors (Lipinski definition) is 4. The molecule has 1 N–H and O–H groups in total. The van der Waals surface area contributed by atoms with Crippen LogP contribution in [0.5, 0.6) is 0 Å². The Bertz CT molecular complexity index is 899. The Hall–Kier alpha value is -2.47. The summed E-state index contributed by atoms with van der Waals surface area (Å²) in [7, 11) is 0. The molecule has 1 aromatic rings. The largest absolute Gasteiger partial charge is 0.376 e. The number of imide groups is 1. The highest BCUT2D eigenvalue weighted by Crippen LogP contribution is 2.65. The first-order valence-electron chi connectivity index (χ1n) is 10.7. The van der Waals surface area contributed by atoms with Crippen LogP contribution in [-0.2, 0) is 14.3 Å². The van der Waals surface area contributed by atoms with Crippen LogP contribution >= 0.6 is 0 Å². The zero-order chi connectivity index (χ0) is 19.7. The van der Waals surface area contributed by atoms with E-state index in [2.05, 4.69) is 17.5 Å². The molecule has 7 rings (SSSR count). The zero-order valence-electron chi connectivity index (χ0n) is 16.1. The fourth-order valence-corrected chi connectivity index (χ4v) is 6.11. The SMILES string of the molecule is O=C(NC[C@@H]1CCCO1)c1cccc(N2C(=O)[C@@H]3[C@H]4C=C[C@@H]([C@@H]5C[C@@H]45)[C@@H]3C2=O)c1. The highest BCUT2D eigenvalue weighted by Gasteiger charge is 2.67. The van der Waals surface area contributed by atoms with Gasteiger partial charge in [-0.05, 0) is 61.1 Å². The molecule has 3 amide bonds. The molecule has 150 valence electrons. The van der Waals surface area contributed by atoms with E-state index in [-0.39, 0.29) is 47.5 Å². The van der Waals surface area contributed by atoms with Crippen molar-refractivity contribution in [1.29, 1.82) is 0 Å². The topological polar surface area (TPSA) is 75.7 Å². The van der Waals surface area contributed by atoms with Gasteiger partial charge in [-0.1, -0.05) is 18.2 Å². The molecule has 1 aromatic carbocycles. The molecule has 6 nitrogen and oxygen atoms in total. The van der Waals surface area contributed by atoms with Crippen molar-refractivity contribution in [3.8, 4) is 0 Å². The second-order valence-electron chi connectivity index (χ2n) is 9.06. The van der Waals surface area contributed by atoms with Crippen LogP contribution in [0.3, 0.4) is 0 Å². The van der Waals surface area contributed by atoms with Crippen molar-refractivity contribution in [2.24, 2.45) is 35.5 Å². The number of amides is 3. The number of hydrogen-bond donors (Lipinski definition) is 1. The quantitative estimate of drug-likeness (QED) is 0.629. The second-order valence-corrected chi connectivity index (χ2v) is 9.06. The second kappa shape index (κ2) is 6.26. The fourth-order valence-electron chi connectivity index (χ4n) is 6.11. The van der Waals surface area contributed by atoms with Crippen LogP contribution < -0.4 is 10.2 Å². The van der Waals surface area contributed by atoms with Crippen LogP contribution in [0.2, 0.25) is 0 Å². The number of nitrogens with one attached hydrogen (secondary N) is 1. The Labute approximate surface area is 169 Å².